The summed E-state index contributed by atoms with van der Waals surface area (Å²) in [5.41, 5.74) is -0.402. The SMILES string of the molecule is CP(=O)(O)OCCOCCOCCNc1cccc(C(=O)O)c1C(=O)O. The minimum atomic E-state index is -3.48. The Morgan fingerprint density at radius 1 is 1.04 bits per heavy atom. The summed E-state index contributed by atoms with van der Waals surface area (Å²) in [6.45, 7) is 2.30. The second-order valence-electron chi connectivity index (χ2n) is 5.13. The third kappa shape index (κ3) is 8.41. The van der Waals surface area contributed by atoms with Crippen LogP contribution >= 0.6 is 7.60 Å². The van der Waals surface area contributed by atoms with Crippen molar-refractivity contribution in [3.8, 4) is 0 Å². The third-order valence-electron chi connectivity index (χ3n) is 3.00. The zero-order valence-electron chi connectivity index (χ0n) is 14.2. The van der Waals surface area contributed by atoms with Crippen molar-refractivity contribution in [3.63, 3.8) is 0 Å². The summed E-state index contributed by atoms with van der Waals surface area (Å²) < 4.78 is 25.9. The fourth-order valence-electron chi connectivity index (χ4n) is 1.95. The number of hydrogen-bond acceptors (Lipinski definition) is 7. The molecule has 0 heterocycles. The van der Waals surface area contributed by atoms with Crippen molar-refractivity contribution in [1.82, 2.24) is 0 Å². The first-order valence-corrected chi connectivity index (χ1v) is 9.68. The van der Waals surface area contributed by atoms with E-state index < -0.39 is 19.5 Å². The molecule has 0 radical (unpaired) electrons. The Bertz CT molecular complexity index is 659. The topological polar surface area (TPSA) is 152 Å². The number of carbonyl (C=O) groups is 2. The molecule has 0 aliphatic rings. The number of carboxylic acids is 2. The Morgan fingerprint density at radius 3 is 2.23 bits per heavy atom. The molecule has 1 aromatic rings. The van der Waals surface area contributed by atoms with Crippen LogP contribution in [0, 0.1) is 0 Å². The molecule has 0 fully saturated rings. The highest BCUT2D eigenvalue weighted by atomic mass is 31.2. The lowest BCUT2D eigenvalue weighted by Crippen LogP contribution is -2.17. The molecule has 1 unspecified atom stereocenters. The number of nitrogens with one attached hydrogen (secondary N) is 1. The first kappa shape index (κ1) is 22.1. The molecule has 0 aromatic heterocycles. The Hall–Kier alpha value is -1.97. The zero-order chi connectivity index (χ0) is 19.6. The van der Waals surface area contributed by atoms with E-state index in [0.717, 1.165) is 6.66 Å². The summed E-state index contributed by atoms with van der Waals surface area (Å²) in [5.74, 6) is -2.65. The van der Waals surface area contributed by atoms with Gasteiger partial charge in [0.15, 0.2) is 0 Å². The van der Waals surface area contributed by atoms with E-state index in [1.807, 2.05) is 0 Å². The van der Waals surface area contributed by atoms with Crippen LogP contribution in [-0.4, -0.2) is 73.3 Å². The molecule has 0 saturated carbocycles. The van der Waals surface area contributed by atoms with E-state index >= 15 is 0 Å². The van der Waals surface area contributed by atoms with Crippen LogP contribution in [0.4, 0.5) is 5.69 Å². The number of hydrogen-bond donors (Lipinski definition) is 4. The smallest absolute Gasteiger partial charge is 0.338 e. The van der Waals surface area contributed by atoms with Crippen LogP contribution in [0.5, 0.6) is 0 Å². The Labute approximate surface area is 150 Å². The Kier molecular flexibility index (Phi) is 9.25. The van der Waals surface area contributed by atoms with Gasteiger partial charge in [-0.2, -0.15) is 0 Å². The minimum absolute atomic E-state index is 0.00369. The predicted molar refractivity (Wildman–Crippen MR) is 92.2 cm³/mol. The number of carboxylic acid groups (broad SMARTS) is 2. The average molecular weight is 391 g/mol. The standard InChI is InChI=1S/C15H22NO9P/c1-26(21,22)25-10-9-24-8-7-23-6-5-16-12-4-2-3-11(14(17)18)13(12)15(19)20/h2-4,16H,5-10H2,1H3,(H,17,18)(H,19,20)(H,21,22). The Balaban J connectivity index is 2.26. The highest BCUT2D eigenvalue weighted by molar-refractivity contribution is 7.51. The lowest BCUT2D eigenvalue weighted by atomic mass is 10.1. The van der Waals surface area contributed by atoms with E-state index in [1.165, 1.54) is 18.2 Å². The third-order valence-corrected chi connectivity index (χ3v) is 3.66. The van der Waals surface area contributed by atoms with Crippen molar-refractivity contribution in [2.24, 2.45) is 0 Å². The van der Waals surface area contributed by atoms with Gasteiger partial charge in [-0.15, -0.1) is 0 Å². The van der Waals surface area contributed by atoms with Gasteiger partial charge in [-0.25, -0.2) is 9.59 Å². The lowest BCUT2D eigenvalue weighted by Gasteiger charge is -2.12. The lowest BCUT2D eigenvalue weighted by molar-refractivity contribution is 0.0383. The average Bonchev–Trinajstić information content (AvgIpc) is 2.54. The van der Waals surface area contributed by atoms with Crippen molar-refractivity contribution in [2.45, 2.75) is 0 Å². The van der Waals surface area contributed by atoms with Gasteiger partial charge in [0.05, 0.1) is 44.2 Å². The first-order chi connectivity index (χ1) is 12.2. The van der Waals surface area contributed by atoms with Gasteiger partial charge >= 0.3 is 19.5 Å². The van der Waals surface area contributed by atoms with Crippen LogP contribution < -0.4 is 5.32 Å². The van der Waals surface area contributed by atoms with Gasteiger partial charge < -0.3 is 34.4 Å². The van der Waals surface area contributed by atoms with Gasteiger partial charge in [0.25, 0.3) is 0 Å². The first-order valence-electron chi connectivity index (χ1n) is 7.66. The summed E-state index contributed by atoms with van der Waals surface area (Å²) in [4.78, 5) is 31.3. The molecule has 0 aliphatic heterocycles. The number of rotatable bonds is 13. The maximum absolute atomic E-state index is 11.3. The molecule has 146 valence electrons. The Morgan fingerprint density at radius 2 is 1.65 bits per heavy atom. The molecular weight excluding hydrogens is 369 g/mol. The summed E-state index contributed by atoms with van der Waals surface area (Å²) in [7, 11) is -3.48. The fraction of sp³-hybridized carbons (Fsp3) is 0.467. The van der Waals surface area contributed by atoms with Crippen LogP contribution in [-0.2, 0) is 18.6 Å². The van der Waals surface area contributed by atoms with E-state index in [-0.39, 0.29) is 56.4 Å². The minimum Gasteiger partial charge on any atom is -0.478 e. The molecule has 26 heavy (non-hydrogen) atoms. The molecule has 1 rings (SSSR count). The van der Waals surface area contributed by atoms with Gasteiger partial charge in [0.2, 0.25) is 0 Å². The summed E-state index contributed by atoms with van der Waals surface area (Å²) in [6, 6.07) is 4.16. The predicted octanol–water partition coefficient (Wildman–Crippen LogP) is 1.36. The van der Waals surface area contributed by atoms with Crippen molar-refractivity contribution >= 4 is 25.2 Å². The highest BCUT2D eigenvalue weighted by Gasteiger charge is 2.19. The molecule has 0 aliphatic carbocycles. The van der Waals surface area contributed by atoms with Gasteiger partial charge in [0.1, 0.15) is 0 Å². The van der Waals surface area contributed by atoms with Crippen LogP contribution in [0.1, 0.15) is 20.7 Å². The van der Waals surface area contributed by atoms with Gasteiger partial charge in [-0.05, 0) is 12.1 Å². The molecular formula is C15H22NO9P. The maximum Gasteiger partial charge on any atom is 0.338 e. The van der Waals surface area contributed by atoms with Crippen molar-refractivity contribution in [2.75, 3.05) is 51.6 Å². The number of anilines is 1. The molecule has 4 N–H and O–H groups in total. The number of aromatic carboxylic acids is 2. The molecule has 0 bridgehead atoms. The van der Waals surface area contributed by atoms with Crippen LogP contribution in [0.3, 0.4) is 0 Å². The van der Waals surface area contributed by atoms with Crippen LogP contribution in [0.25, 0.3) is 0 Å². The summed E-state index contributed by atoms with van der Waals surface area (Å²) in [5, 5.41) is 21.1. The van der Waals surface area contributed by atoms with Crippen LogP contribution in [0.15, 0.2) is 18.2 Å². The summed E-state index contributed by atoms with van der Waals surface area (Å²) >= 11 is 0. The molecule has 1 aromatic carbocycles. The van der Waals surface area contributed by atoms with Crippen molar-refractivity contribution < 1.29 is 43.3 Å². The van der Waals surface area contributed by atoms with E-state index in [2.05, 4.69) is 9.84 Å². The molecule has 0 saturated heterocycles. The van der Waals surface area contributed by atoms with Crippen molar-refractivity contribution in [3.05, 3.63) is 29.3 Å². The van der Waals surface area contributed by atoms with Gasteiger partial charge in [-0.3, -0.25) is 4.57 Å². The molecule has 1 atom stereocenters. The molecule has 11 heteroatoms. The highest BCUT2D eigenvalue weighted by Crippen LogP contribution is 2.35. The molecule has 0 amide bonds. The number of ether oxygens (including phenoxy) is 2. The van der Waals surface area contributed by atoms with E-state index in [1.54, 1.807) is 0 Å². The quantitative estimate of drug-likeness (QED) is 0.286. The second-order valence-corrected chi connectivity index (χ2v) is 6.99. The van der Waals surface area contributed by atoms with Gasteiger partial charge in [-0.1, -0.05) is 6.07 Å². The monoisotopic (exact) mass is 391 g/mol. The van der Waals surface area contributed by atoms with Crippen LogP contribution in [0.2, 0.25) is 0 Å². The van der Waals surface area contributed by atoms with E-state index in [4.69, 9.17) is 19.5 Å². The fourth-order valence-corrected chi connectivity index (χ4v) is 2.37. The second kappa shape index (κ2) is 10.9. The van der Waals surface area contributed by atoms with E-state index in [9.17, 15) is 19.3 Å². The largest absolute Gasteiger partial charge is 0.478 e. The molecule has 10 nitrogen and oxygen atoms in total. The van der Waals surface area contributed by atoms with Gasteiger partial charge in [0, 0.05) is 18.9 Å². The maximum atomic E-state index is 11.3. The normalized spacial score (nSPS) is 13.2. The summed E-state index contributed by atoms with van der Waals surface area (Å²) in [6.07, 6.45) is 0. The van der Waals surface area contributed by atoms with E-state index in [0.29, 0.717) is 0 Å². The number of benzene rings is 1. The van der Waals surface area contributed by atoms with Crippen molar-refractivity contribution in [1.29, 1.82) is 0 Å². The zero-order valence-corrected chi connectivity index (χ0v) is 15.1. The molecule has 0 spiro atoms.